The van der Waals surface area contributed by atoms with Gasteiger partial charge in [0.2, 0.25) is 0 Å². The summed E-state index contributed by atoms with van der Waals surface area (Å²) in [7, 11) is 0. The normalized spacial score (nSPS) is 11.1. The molecule has 0 aromatic heterocycles. The number of carbonyl (C=O) groups is 1. The highest BCUT2D eigenvalue weighted by molar-refractivity contribution is 5.82. The summed E-state index contributed by atoms with van der Waals surface area (Å²) >= 11 is 0. The average Bonchev–Trinajstić information content (AvgIpc) is 2.16. The van der Waals surface area contributed by atoms with Gasteiger partial charge in [-0.15, -0.1) is 0 Å². The van der Waals surface area contributed by atoms with E-state index in [0.29, 0.717) is 6.61 Å². The highest BCUT2D eigenvalue weighted by Crippen LogP contribution is 2.11. The number of rotatable bonds is 6. The smallest absolute Gasteiger partial charge is 0.330 e. The maximum absolute atomic E-state index is 11.2. The number of hydrogen-bond donors (Lipinski definition) is 0. The Morgan fingerprint density at radius 1 is 1.27 bits per heavy atom. The van der Waals surface area contributed by atoms with Gasteiger partial charge in [-0.1, -0.05) is 24.1 Å². The van der Waals surface area contributed by atoms with Crippen molar-refractivity contribution in [3.05, 3.63) is 23.3 Å². The minimum Gasteiger partial charge on any atom is -0.463 e. The van der Waals surface area contributed by atoms with E-state index in [1.807, 2.05) is 6.92 Å². The van der Waals surface area contributed by atoms with Crippen molar-refractivity contribution in [1.29, 1.82) is 0 Å². The third-order valence-corrected chi connectivity index (χ3v) is 2.08. The van der Waals surface area contributed by atoms with E-state index in [9.17, 15) is 4.79 Å². The summed E-state index contributed by atoms with van der Waals surface area (Å²) in [4.78, 5) is 11.2. The van der Waals surface area contributed by atoms with Crippen LogP contribution in [-0.2, 0) is 9.53 Å². The molecule has 0 saturated carbocycles. The van der Waals surface area contributed by atoms with Gasteiger partial charge in [-0.05, 0) is 40.0 Å². The summed E-state index contributed by atoms with van der Waals surface area (Å²) in [6, 6.07) is 0. The van der Waals surface area contributed by atoms with E-state index in [1.165, 1.54) is 5.57 Å². The molecule has 0 heterocycles. The summed E-state index contributed by atoms with van der Waals surface area (Å²) in [5.41, 5.74) is 2.48. The van der Waals surface area contributed by atoms with Gasteiger partial charge in [0.15, 0.2) is 0 Å². The van der Waals surface area contributed by atoms with E-state index >= 15 is 0 Å². The minimum absolute atomic E-state index is 0.216. The molecule has 0 rings (SSSR count). The molecule has 0 spiro atoms. The van der Waals surface area contributed by atoms with Crippen LogP contribution in [0, 0.1) is 0 Å². The van der Waals surface area contributed by atoms with Crippen molar-refractivity contribution < 1.29 is 9.53 Å². The number of carbonyl (C=O) groups excluding carboxylic acids is 1. The van der Waals surface area contributed by atoms with E-state index in [2.05, 4.69) is 26.8 Å². The molecule has 0 atom stereocenters. The Morgan fingerprint density at radius 3 is 2.40 bits per heavy atom. The van der Waals surface area contributed by atoms with Gasteiger partial charge in [0.1, 0.15) is 0 Å². The van der Waals surface area contributed by atoms with Crippen molar-refractivity contribution in [2.45, 2.75) is 47.0 Å². The SMILES string of the molecule is CCOC(=O)/C=C(\CC)CCC=C(C)C. The Hall–Kier alpha value is -1.05. The van der Waals surface area contributed by atoms with Gasteiger partial charge in [0.05, 0.1) is 6.61 Å². The van der Waals surface area contributed by atoms with Crippen molar-refractivity contribution in [3.63, 3.8) is 0 Å². The average molecular weight is 210 g/mol. The van der Waals surface area contributed by atoms with Gasteiger partial charge in [-0.25, -0.2) is 4.79 Å². The summed E-state index contributed by atoms with van der Waals surface area (Å²) in [6.07, 6.45) is 6.67. The van der Waals surface area contributed by atoms with Gasteiger partial charge in [-0.2, -0.15) is 0 Å². The van der Waals surface area contributed by atoms with E-state index in [-0.39, 0.29) is 5.97 Å². The van der Waals surface area contributed by atoms with E-state index in [1.54, 1.807) is 6.08 Å². The first-order valence-corrected chi connectivity index (χ1v) is 5.59. The van der Waals surface area contributed by atoms with Gasteiger partial charge < -0.3 is 4.74 Å². The van der Waals surface area contributed by atoms with E-state index < -0.39 is 0 Å². The monoisotopic (exact) mass is 210 g/mol. The molecule has 0 aromatic rings. The van der Waals surface area contributed by atoms with Gasteiger partial charge in [0, 0.05) is 6.08 Å². The molecule has 0 N–H and O–H groups in total. The molecule has 0 aliphatic carbocycles. The third kappa shape index (κ3) is 7.98. The van der Waals surface area contributed by atoms with Crippen molar-refractivity contribution in [1.82, 2.24) is 0 Å². The van der Waals surface area contributed by atoms with Crippen LogP contribution in [0.3, 0.4) is 0 Å². The fraction of sp³-hybridized carbons (Fsp3) is 0.615. The van der Waals surface area contributed by atoms with Crippen LogP contribution in [0.1, 0.15) is 47.0 Å². The van der Waals surface area contributed by atoms with Crippen molar-refractivity contribution >= 4 is 5.97 Å². The highest BCUT2D eigenvalue weighted by Gasteiger charge is 1.99. The molecule has 0 fully saturated rings. The van der Waals surface area contributed by atoms with Gasteiger partial charge >= 0.3 is 5.97 Å². The van der Waals surface area contributed by atoms with E-state index in [4.69, 9.17) is 4.74 Å². The topological polar surface area (TPSA) is 26.3 Å². The molecule has 0 aliphatic heterocycles. The second kappa shape index (κ2) is 8.27. The molecular formula is C13H22O2. The zero-order valence-corrected chi connectivity index (χ0v) is 10.3. The highest BCUT2D eigenvalue weighted by atomic mass is 16.5. The van der Waals surface area contributed by atoms with Crippen LogP contribution in [0.2, 0.25) is 0 Å². The Bertz CT molecular complexity index is 245. The molecular weight excluding hydrogens is 188 g/mol. The third-order valence-electron chi connectivity index (χ3n) is 2.08. The largest absolute Gasteiger partial charge is 0.463 e. The zero-order chi connectivity index (χ0) is 11.7. The predicted octanol–water partition coefficient (Wildman–Crippen LogP) is 3.63. The number of allylic oxidation sites excluding steroid dienone is 3. The maximum atomic E-state index is 11.2. The first-order chi connectivity index (χ1) is 7.10. The molecule has 86 valence electrons. The fourth-order valence-electron chi connectivity index (χ4n) is 1.25. The van der Waals surface area contributed by atoms with Crippen LogP contribution in [0.25, 0.3) is 0 Å². The second-order valence-electron chi connectivity index (χ2n) is 3.73. The van der Waals surface area contributed by atoms with Gasteiger partial charge in [-0.3, -0.25) is 0 Å². The molecule has 15 heavy (non-hydrogen) atoms. The Kier molecular flexibility index (Phi) is 7.69. The molecule has 0 aromatic carbocycles. The van der Waals surface area contributed by atoms with Crippen LogP contribution in [0.15, 0.2) is 23.3 Å². The van der Waals surface area contributed by atoms with Crippen LogP contribution < -0.4 is 0 Å². The van der Waals surface area contributed by atoms with Gasteiger partial charge in [0.25, 0.3) is 0 Å². The Balaban J connectivity index is 4.12. The summed E-state index contributed by atoms with van der Waals surface area (Å²) in [6.45, 7) is 8.50. The molecule has 2 heteroatoms. The minimum atomic E-state index is -0.216. The van der Waals surface area contributed by atoms with Crippen molar-refractivity contribution in [3.8, 4) is 0 Å². The molecule has 0 amide bonds. The molecule has 0 saturated heterocycles. The summed E-state index contributed by atoms with van der Waals surface area (Å²) < 4.78 is 4.87. The fourth-order valence-corrected chi connectivity index (χ4v) is 1.25. The first kappa shape index (κ1) is 13.9. The maximum Gasteiger partial charge on any atom is 0.330 e. The lowest BCUT2D eigenvalue weighted by Crippen LogP contribution is -2.01. The molecule has 0 bridgehead atoms. The summed E-state index contributed by atoms with van der Waals surface area (Å²) in [5, 5.41) is 0. The number of hydrogen-bond acceptors (Lipinski definition) is 2. The molecule has 0 radical (unpaired) electrons. The zero-order valence-electron chi connectivity index (χ0n) is 10.3. The van der Waals surface area contributed by atoms with Crippen LogP contribution in [0.5, 0.6) is 0 Å². The first-order valence-electron chi connectivity index (χ1n) is 5.59. The number of esters is 1. The molecule has 0 unspecified atom stereocenters. The van der Waals surface area contributed by atoms with Crippen LogP contribution in [0.4, 0.5) is 0 Å². The molecule has 2 nitrogen and oxygen atoms in total. The standard InChI is InChI=1S/C13H22O2/c1-5-12(9-7-8-11(3)4)10-13(14)15-6-2/h8,10H,5-7,9H2,1-4H3/b12-10+. The van der Waals surface area contributed by atoms with Crippen LogP contribution >= 0.6 is 0 Å². The lowest BCUT2D eigenvalue weighted by molar-refractivity contribution is -0.137. The predicted molar refractivity (Wildman–Crippen MR) is 63.7 cm³/mol. The second-order valence-corrected chi connectivity index (χ2v) is 3.73. The quantitative estimate of drug-likeness (QED) is 0.380. The Morgan fingerprint density at radius 2 is 1.93 bits per heavy atom. The van der Waals surface area contributed by atoms with E-state index in [0.717, 1.165) is 24.8 Å². The lowest BCUT2D eigenvalue weighted by atomic mass is 10.1. The molecule has 0 aliphatic rings. The van der Waals surface area contributed by atoms with Crippen molar-refractivity contribution in [2.24, 2.45) is 0 Å². The van der Waals surface area contributed by atoms with Crippen molar-refractivity contribution in [2.75, 3.05) is 6.61 Å². The number of ether oxygens (including phenoxy) is 1. The lowest BCUT2D eigenvalue weighted by Gasteiger charge is -2.03. The summed E-state index contributed by atoms with van der Waals surface area (Å²) in [5.74, 6) is -0.216. The Labute approximate surface area is 93.0 Å². The van der Waals surface area contributed by atoms with Crippen LogP contribution in [-0.4, -0.2) is 12.6 Å².